The molecule has 0 N–H and O–H groups in total. The molecule has 26 heavy (non-hydrogen) atoms. The van der Waals surface area contributed by atoms with E-state index in [1.807, 2.05) is 42.5 Å². The van der Waals surface area contributed by atoms with E-state index >= 15 is 0 Å². The summed E-state index contributed by atoms with van der Waals surface area (Å²) in [6.45, 7) is 7.15. The van der Waals surface area contributed by atoms with Crippen molar-refractivity contribution in [3.8, 4) is 22.9 Å². The van der Waals surface area contributed by atoms with Crippen molar-refractivity contribution < 1.29 is 9.47 Å². The number of methoxy groups -OCH3 is 1. The number of aromatic nitrogens is 1. The number of hydrogen-bond donors (Lipinski definition) is 0. The van der Waals surface area contributed by atoms with Gasteiger partial charge in [0.15, 0.2) is 0 Å². The molecule has 0 aliphatic rings. The van der Waals surface area contributed by atoms with Crippen LogP contribution in [0, 0.1) is 0 Å². The molecule has 0 saturated heterocycles. The minimum atomic E-state index is 0.160. The van der Waals surface area contributed by atoms with Gasteiger partial charge >= 0.3 is 0 Å². The van der Waals surface area contributed by atoms with E-state index in [2.05, 4.69) is 50.0 Å². The van der Waals surface area contributed by atoms with Crippen molar-refractivity contribution in [2.45, 2.75) is 32.8 Å². The summed E-state index contributed by atoms with van der Waals surface area (Å²) in [5.41, 5.74) is 4.53. The normalized spacial score (nSPS) is 11.2. The first-order valence-electron chi connectivity index (χ1n) is 8.79. The van der Waals surface area contributed by atoms with Crippen LogP contribution < -0.4 is 9.47 Å². The Hall–Kier alpha value is -2.81. The van der Waals surface area contributed by atoms with Crippen molar-refractivity contribution in [2.24, 2.45) is 0 Å². The van der Waals surface area contributed by atoms with Crippen LogP contribution in [0.3, 0.4) is 0 Å². The number of nitrogens with zero attached hydrogens (tertiary/aromatic N) is 1. The molecule has 1 aromatic heterocycles. The molecule has 0 saturated carbocycles. The Morgan fingerprint density at radius 3 is 2.15 bits per heavy atom. The third-order valence-corrected chi connectivity index (χ3v) is 4.32. The zero-order valence-electron chi connectivity index (χ0n) is 15.8. The van der Waals surface area contributed by atoms with Gasteiger partial charge in [0.05, 0.1) is 12.8 Å². The van der Waals surface area contributed by atoms with Crippen molar-refractivity contribution in [1.82, 2.24) is 4.98 Å². The van der Waals surface area contributed by atoms with Crippen LogP contribution >= 0.6 is 0 Å². The summed E-state index contributed by atoms with van der Waals surface area (Å²) in [7, 11) is 1.66. The number of pyridine rings is 1. The summed E-state index contributed by atoms with van der Waals surface area (Å²) in [6.07, 6.45) is 0. The third-order valence-electron chi connectivity index (χ3n) is 4.32. The summed E-state index contributed by atoms with van der Waals surface area (Å²) in [4.78, 5) is 4.61. The van der Waals surface area contributed by atoms with E-state index in [1.54, 1.807) is 7.11 Å². The minimum absolute atomic E-state index is 0.160. The van der Waals surface area contributed by atoms with Crippen LogP contribution in [0.2, 0.25) is 0 Å². The smallest absolute Gasteiger partial charge is 0.214 e. The van der Waals surface area contributed by atoms with Gasteiger partial charge in [-0.25, -0.2) is 4.98 Å². The molecule has 3 rings (SSSR count). The Kier molecular flexibility index (Phi) is 5.27. The molecule has 0 bridgehead atoms. The summed E-state index contributed by atoms with van der Waals surface area (Å²) in [6, 6.07) is 22.3. The lowest BCUT2D eigenvalue weighted by Gasteiger charge is -2.19. The van der Waals surface area contributed by atoms with Crippen LogP contribution in [0.5, 0.6) is 11.6 Å². The second-order valence-corrected chi connectivity index (χ2v) is 7.33. The first-order chi connectivity index (χ1) is 12.5. The first kappa shape index (κ1) is 18.0. The second kappa shape index (κ2) is 7.61. The SMILES string of the molecule is COc1ccc(-c2cccc(OCc3ccc(C(C)(C)C)cc3)n2)cc1. The predicted octanol–water partition coefficient (Wildman–Crippen LogP) is 5.63. The molecule has 0 atom stereocenters. The zero-order chi connectivity index (χ0) is 18.6. The summed E-state index contributed by atoms with van der Waals surface area (Å²) >= 11 is 0. The lowest BCUT2D eigenvalue weighted by Crippen LogP contribution is -2.10. The highest BCUT2D eigenvalue weighted by atomic mass is 16.5. The molecule has 0 aliphatic carbocycles. The van der Waals surface area contributed by atoms with Crippen LogP contribution in [-0.4, -0.2) is 12.1 Å². The topological polar surface area (TPSA) is 31.4 Å². The molecule has 0 fully saturated rings. The van der Waals surface area contributed by atoms with Gasteiger partial charge in [-0.05, 0) is 46.9 Å². The first-order valence-corrected chi connectivity index (χ1v) is 8.79. The average Bonchev–Trinajstić information content (AvgIpc) is 2.66. The monoisotopic (exact) mass is 347 g/mol. The van der Waals surface area contributed by atoms with E-state index in [9.17, 15) is 0 Å². The van der Waals surface area contributed by atoms with Crippen molar-refractivity contribution >= 4 is 0 Å². The Balaban J connectivity index is 1.68. The molecule has 3 aromatic rings. The maximum Gasteiger partial charge on any atom is 0.214 e. The standard InChI is InChI=1S/C23H25NO2/c1-23(2,3)19-12-8-17(9-13-19)16-26-22-7-5-6-21(24-22)18-10-14-20(25-4)15-11-18/h5-15H,16H2,1-4H3. The Bertz CT molecular complexity index is 847. The summed E-state index contributed by atoms with van der Waals surface area (Å²) in [5.74, 6) is 1.46. The molecule has 0 amide bonds. The summed E-state index contributed by atoms with van der Waals surface area (Å²) in [5, 5.41) is 0. The van der Waals surface area contributed by atoms with Crippen LogP contribution in [0.25, 0.3) is 11.3 Å². The van der Waals surface area contributed by atoms with Gasteiger partial charge in [0.25, 0.3) is 0 Å². The minimum Gasteiger partial charge on any atom is -0.497 e. The van der Waals surface area contributed by atoms with E-state index < -0.39 is 0 Å². The maximum atomic E-state index is 5.89. The Morgan fingerprint density at radius 1 is 0.846 bits per heavy atom. The van der Waals surface area contributed by atoms with Gasteiger partial charge in [0.2, 0.25) is 5.88 Å². The number of ether oxygens (including phenoxy) is 2. The van der Waals surface area contributed by atoms with E-state index in [1.165, 1.54) is 5.56 Å². The van der Waals surface area contributed by atoms with E-state index in [0.29, 0.717) is 12.5 Å². The van der Waals surface area contributed by atoms with Gasteiger partial charge in [0.1, 0.15) is 12.4 Å². The van der Waals surface area contributed by atoms with Gasteiger partial charge in [-0.15, -0.1) is 0 Å². The van der Waals surface area contributed by atoms with E-state index in [4.69, 9.17) is 9.47 Å². The molecule has 3 nitrogen and oxygen atoms in total. The van der Waals surface area contributed by atoms with E-state index in [-0.39, 0.29) is 5.41 Å². The number of rotatable bonds is 5. The molecule has 0 radical (unpaired) electrons. The highest BCUT2D eigenvalue weighted by molar-refractivity contribution is 5.60. The molecule has 0 unspecified atom stereocenters. The van der Waals surface area contributed by atoms with Gasteiger partial charge in [0, 0.05) is 11.6 Å². The molecular weight excluding hydrogens is 322 g/mol. The van der Waals surface area contributed by atoms with Gasteiger partial charge in [-0.2, -0.15) is 0 Å². The molecule has 3 heteroatoms. The lowest BCUT2D eigenvalue weighted by atomic mass is 9.87. The molecule has 0 spiro atoms. The van der Waals surface area contributed by atoms with E-state index in [0.717, 1.165) is 22.6 Å². The van der Waals surface area contributed by atoms with Crippen molar-refractivity contribution in [3.05, 3.63) is 77.9 Å². The Labute approximate surface area is 155 Å². The number of hydrogen-bond acceptors (Lipinski definition) is 3. The fraction of sp³-hybridized carbons (Fsp3) is 0.261. The Morgan fingerprint density at radius 2 is 1.54 bits per heavy atom. The maximum absolute atomic E-state index is 5.89. The molecule has 1 heterocycles. The molecule has 134 valence electrons. The van der Waals surface area contributed by atoms with Crippen molar-refractivity contribution in [3.63, 3.8) is 0 Å². The van der Waals surface area contributed by atoms with Gasteiger partial charge in [-0.1, -0.05) is 51.1 Å². The van der Waals surface area contributed by atoms with Crippen LogP contribution in [0.1, 0.15) is 31.9 Å². The molecule has 0 aliphatic heterocycles. The third kappa shape index (κ3) is 4.42. The van der Waals surface area contributed by atoms with Crippen LogP contribution in [0.4, 0.5) is 0 Å². The highest BCUT2D eigenvalue weighted by Gasteiger charge is 2.12. The largest absolute Gasteiger partial charge is 0.497 e. The van der Waals surface area contributed by atoms with Gasteiger partial charge < -0.3 is 9.47 Å². The lowest BCUT2D eigenvalue weighted by molar-refractivity contribution is 0.294. The zero-order valence-corrected chi connectivity index (χ0v) is 15.8. The fourth-order valence-corrected chi connectivity index (χ4v) is 2.68. The fourth-order valence-electron chi connectivity index (χ4n) is 2.68. The van der Waals surface area contributed by atoms with Gasteiger partial charge in [-0.3, -0.25) is 0 Å². The number of benzene rings is 2. The highest BCUT2D eigenvalue weighted by Crippen LogP contribution is 2.24. The average molecular weight is 347 g/mol. The van der Waals surface area contributed by atoms with Crippen molar-refractivity contribution in [2.75, 3.05) is 7.11 Å². The van der Waals surface area contributed by atoms with Crippen LogP contribution in [0.15, 0.2) is 66.7 Å². The molecular formula is C23H25NO2. The summed E-state index contributed by atoms with van der Waals surface area (Å²) < 4.78 is 11.1. The van der Waals surface area contributed by atoms with Crippen LogP contribution in [-0.2, 0) is 12.0 Å². The second-order valence-electron chi connectivity index (χ2n) is 7.33. The molecule has 2 aromatic carbocycles. The van der Waals surface area contributed by atoms with Crippen molar-refractivity contribution in [1.29, 1.82) is 0 Å². The predicted molar refractivity (Wildman–Crippen MR) is 106 cm³/mol. The quantitative estimate of drug-likeness (QED) is 0.599.